The molecule has 0 bridgehead atoms. The molecule has 4 heteroatoms. The molecule has 0 atom stereocenters. The molecule has 156 valence electrons. The second-order valence-electron chi connectivity index (χ2n) is 7.77. The molecule has 1 aromatic heterocycles. The van der Waals surface area contributed by atoms with Crippen molar-refractivity contribution in [2.45, 2.75) is 66.2 Å². The van der Waals surface area contributed by atoms with Crippen molar-refractivity contribution in [3.8, 4) is 11.1 Å². The van der Waals surface area contributed by atoms with E-state index in [9.17, 15) is 9.18 Å². The third kappa shape index (κ3) is 5.31. The Kier molecular flexibility index (Phi) is 8.12. The summed E-state index contributed by atoms with van der Waals surface area (Å²) in [6.45, 7) is 12.4. The molecule has 0 unspecified atom stereocenters. The number of unbranched alkanes of at least 4 members (excludes halogenated alkanes) is 1. The lowest BCUT2D eigenvalue weighted by Gasteiger charge is -2.22. The lowest BCUT2D eigenvalue weighted by Crippen LogP contribution is -2.16. The zero-order chi connectivity index (χ0) is 21.6. The number of hydrogen-bond acceptors (Lipinski definition) is 3. The van der Waals surface area contributed by atoms with Gasteiger partial charge in [0, 0.05) is 11.1 Å². The highest BCUT2D eigenvalue weighted by Gasteiger charge is 2.27. The van der Waals surface area contributed by atoms with E-state index in [0.717, 1.165) is 40.9 Å². The van der Waals surface area contributed by atoms with Crippen LogP contribution in [-0.4, -0.2) is 17.6 Å². The maximum Gasteiger partial charge on any atom is 0.340 e. The van der Waals surface area contributed by atoms with E-state index in [4.69, 9.17) is 9.72 Å². The molecule has 0 aliphatic carbocycles. The number of benzene rings is 1. The first-order valence-corrected chi connectivity index (χ1v) is 10.5. The van der Waals surface area contributed by atoms with Crippen LogP contribution in [0, 0.1) is 5.82 Å². The van der Waals surface area contributed by atoms with Crippen LogP contribution in [0.1, 0.15) is 93.5 Å². The first-order chi connectivity index (χ1) is 13.8. The quantitative estimate of drug-likeness (QED) is 0.445. The Labute approximate surface area is 174 Å². The Bertz CT molecular complexity index is 867. The predicted molar refractivity (Wildman–Crippen MR) is 118 cm³/mol. The topological polar surface area (TPSA) is 39.2 Å². The van der Waals surface area contributed by atoms with E-state index in [1.54, 1.807) is 19.1 Å². The highest BCUT2D eigenvalue weighted by atomic mass is 19.1. The van der Waals surface area contributed by atoms with Gasteiger partial charge in [-0.3, -0.25) is 4.98 Å². The first-order valence-electron chi connectivity index (χ1n) is 10.5. The SMILES string of the molecule is CCCC=Cc1c(C(C)C)nc(C(C)C)c(C(=O)OCC)c1-c1ccc(F)cc1. The predicted octanol–water partition coefficient (Wildman–Crippen LogP) is 7.12. The molecule has 1 heterocycles. The van der Waals surface area contributed by atoms with E-state index < -0.39 is 0 Å². The van der Waals surface area contributed by atoms with Crippen LogP contribution in [0.25, 0.3) is 17.2 Å². The number of carbonyl (C=O) groups excluding carboxylic acids is 1. The van der Waals surface area contributed by atoms with E-state index in [2.05, 4.69) is 32.9 Å². The minimum Gasteiger partial charge on any atom is -0.462 e. The molecule has 0 amide bonds. The molecule has 0 N–H and O–H groups in total. The summed E-state index contributed by atoms with van der Waals surface area (Å²) in [5.74, 6) is -0.482. The van der Waals surface area contributed by atoms with Crippen LogP contribution in [0.2, 0.25) is 0 Å². The van der Waals surface area contributed by atoms with E-state index in [1.165, 1.54) is 12.1 Å². The summed E-state index contributed by atoms with van der Waals surface area (Å²) in [4.78, 5) is 18.0. The monoisotopic (exact) mass is 397 g/mol. The van der Waals surface area contributed by atoms with Gasteiger partial charge in [-0.1, -0.05) is 65.3 Å². The number of hydrogen-bond donors (Lipinski definition) is 0. The van der Waals surface area contributed by atoms with Crippen molar-refractivity contribution in [3.05, 3.63) is 58.7 Å². The van der Waals surface area contributed by atoms with Crippen molar-refractivity contribution < 1.29 is 13.9 Å². The zero-order valence-electron chi connectivity index (χ0n) is 18.4. The van der Waals surface area contributed by atoms with Crippen LogP contribution in [-0.2, 0) is 4.74 Å². The van der Waals surface area contributed by atoms with Crippen LogP contribution in [0.15, 0.2) is 30.3 Å². The van der Waals surface area contributed by atoms with E-state index in [0.29, 0.717) is 5.56 Å². The molecule has 0 spiro atoms. The van der Waals surface area contributed by atoms with Gasteiger partial charge in [-0.15, -0.1) is 0 Å². The van der Waals surface area contributed by atoms with E-state index in [-0.39, 0.29) is 30.2 Å². The number of ether oxygens (including phenoxy) is 1. The van der Waals surface area contributed by atoms with Crippen molar-refractivity contribution in [1.82, 2.24) is 4.98 Å². The Morgan fingerprint density at radius 1 is 1.07 bits per heavy atom. The van der Waals surface area contributed by atoms with Gasteiger partial charge in [-0.2, -0.15) is 0 Å². The van der Waals surface area contributed by atoms with Gasteiger partial charge in [0.05, 0.1) is 23.6 Å². The fraction of sp³-hybridized carbons (Fsp3) is 0.440. The number of carbonyl (C=O) groups is 1. The summed E-state index contributed by atoms with van der Waals surface area (Å²) in [5, 5.41) is 0. The molecular formula is C25H32FNO2. The van der Waals surface area contributed by atoms with Crippen LogP contribution >= 0.6 is 0 Å². The average molecular weight is 398 g/mol. The molecule has 0 aliphatic heterocycles. The van der Waals surface area contributed by atoms with Crippen molar-refractivity contribution in [1.29, 1.82) is 0 Å². The molecule has 0 radical (unpaired) electrons. The van der Waals surface area contributed by atoms with Gasteiger partial charge in [-0.05, 0) is 42.9 Å². The van der Waals surface area contributed by atoms with Gasteiger partial charge < -0.3 is 4.74 Å². The van der Waals surface area contributed by atoms with Crippen LogP contribution in [0.3, 0.4) is 0 Å². The first kappa shape index (κ1) is 22.8. The largest absolute Gasteiger partial charge is 0.462 e. The lowest BCUT2D eigenvalue weighted by molar-refractivity contribution is 0.0525. The average Bonchev–Trinajstić information content (AvgIpc) is 2.68. The highest BCUT2D eigenvalue weighted by molar-refractivity contribution is 6.01. The summed E-state index contributed by atoms with van der Waals surface area (Å²) in [6, 6.07) is 6.29. The Morgan fingerprint density at radius 3 is 2.21 bits per heavy atom. The maximum absolute atomic E-state index is 13.6. The van der Waals surface area contributed by atoms with Gasteiger partial charge in [0.15, 0.2) is 0 Å². The van der Waals surface area contributed by atoms with E-state index in [1.807, 2.05) is 13.8 Å². The third-order valence-electron chi connectivity index (χ3n) is 4.74. The number of pyridine rings is 1. The van der Waals surface area contributed by atoms with Crippen LogP contribution in [0.4, 0.5) is 4.39 Å². The molecule has 0 saturated heterocycles. The third-order valence-corrected chi connectivity index (χ3v) is 4.74. The lowest BCUT2D eigenvalue weighted by atomic mass is 9.86. The number of aromatic nitrogens is 1. The van der Waals surface area contributed by atoms with Gasteiger partial charge >= 0.3 is 5.97 Å². The van der Waals surface area contributed by atoms with Gasteiger partial charge in [-0.25, -0.2) is 9.18 Å². The minimum atomic E-state index is -0.386. The molecule has 0 saturated carbocycles. The molecule has 0 aliphatic rings. The summed E-state index contributed by atoms with van der Waals surface area (Å²) >= 11 is 0. The summed E-state index contributed by atoms with van der Waals surface area (Å²) in [6.07, 6.45) is 6.12. The summed E-state index contributed by atoms with van der Waals surface area (Å²) < 4.78 is 19.0. The molecule has 2 rings (SSSR count). The minimum absolute atomic E-state index is 0.0415. The fourth-order valence-electron chi connectivity index (χ4n) is 3.36. The highest BCUT2D eigenvalue weighted by Crippen LogP contribution is 2.38. The van der Waals surface area contributed by atoms with E-state index >= 15 is 0 Å². The van der Waals surface area contributed by atoms with Gasteiger partial charge in [0.1, 0.15) is 5.82 Å². The van der Waals surface area contributed by atoms with Gasteiger partial charge in [0.25, 0.3) is 0 Å². The smallest absolute Gasteiger partial charge is 0.340 e. The van der Waals surface area contributed by atoms with Gasteiger partial charge in [0.2, 0.25) is 0 Å². The molecule has 3 nitrogen and oxygen atoms in total. The van der Waals surface area contributed by atoms with Crippen molar-refractivity contribution in [2.75, 3.05) is 6.61 Å². The number of nitrogens with zero attached hydrogens (tertiary/aromatic N) is 1. The van der Waals surface area contributed by atoms with Crippen molar-refractivity contribution in [3.63, 3.8) is 0 Å². The maximum atomic E-state index is 13.6. The number of esters is 1. The van der Waals surface area contributed by atoms with Crippen LogP contribution in [0.5, 0.6) is 0 Å². The number of allylic oxidation sites excluding steroid dienone is 1. The molecule has 29 heavy (non-hydrogen) atoms. The van der Waals surface area contributed by atoms with Crippen molar-refractivity contribution >= 4 is 12.0 Å². The molecule has 0 fully saturated rings. The molecule has 1 aromatic carbocycles. The Morgan fingerprint density at radius 2 is 1.69 bits per heavy atom. The normalized spacial score (nSPS) is 11.6. The van der Waals surface area contributed by atoms with Crippen LogP contribution < -0.4 is 0 Å². The van der Waals surface area contributed by atoms with Crippen molar-refractivity contribution in [2.24, 2.45) is 0 Å². The summed E-state index contributed by atoms with van der Waals surface area (Å²) in [7, 11) is 0. The zero-order valence-corrected chi connectivity index (χ0v) is 18.4. The Hall–Kier alpha value is -2.49. The summed E-state index contributed by atoms with van der Waals surface area (Å²) in [5.41, 5.74) is 4.61. The second-order valence-corrected chi connectivity index (χ2v) is 7.77. The Balaban J connectivity index is 2.96. The number of rotatable bonds is 8. The fourth-order valence-corrected chi connectivity index (χ4v) is 3.36. The number of halogens is 1. The standard InChI is InChI=1S/C25H32FNO2/c1-7-9-10-11-20-21(18-12-14-19(26)15-13-18)22(25(28)29-8-2)24(17(5)6)27-23(20)16(3)4/h10-17H,7-9H2,1-6H3. The second kappa shape index (κ2) is 10.3. The molecular weight excluding hydrogens is 365 g/mol. The molecule has 2 aromatic rings.